The minimum absolute atomic E-state index is 0.00366. The zero-order valence-corrected chi connectivity index (χ0v) is 97.6. The van der Waals surface area contributed by atoms with Crippen LogP contribution in [-0.2, 0) is 94.1 Å². The first-order chi connectivity index (χ1) is 66.0. The van der Waals surface area contributed by atoms with Crippen LogP contribution in [0.4, 0.5) is 0 Å². The number of rotatable bonds is 62. The van der Waals surface area contributed by atoms with Gasteiger partial charge in [0.25, 0.3) is 0 Å². The van der Waals surface area contributed by atoms with Crippen molar-refractivity contribution in [2.75, 3.05) is 108 Å². The molecular formula is C98H162O33Si10. The smallest absolute Gasteiger partial charge is 0.317 e. The Morgan fingerprint density at radius 3 is 0.624 bits per heavy atom. The molecule has 33 nitrogen and oxygen atoms in total. The minimum Gasteiger partial charge on any atom is -0.497 e. The Morgan fingerprint density at radius 1 is 0.255 bits per heavy atom. The number of aliphatic hydroxyl groups is 4. The van der Waals surface area contributed by atoms with Crippen molar-refractivity contribution in [3.8, 4) is 23.0 Å². The monoisotopic (exact) mass is 2150 g/mol. The first-order valence-corrected chi connectivity index (χ1v) is 78.2. The summed E-state index contributed by atoms with van der Waals surface area (Å²) < 4.78 is 136. The number of carbonyl (C=O) groups is 8. The minimum atomic E-state index is -3.64. The first kappa shape index (κ1) is 120. The van der Waals surface area contributed by atoms with E-state index >= 15 is 0 Å². The molecule has 0 aromatic heterocycles. The van der Waals surface area contributed by atoms with Crippen LogP contribution in [0.5, 0.6) is 23.0 Å². The Labute approximate surface area is 845 Å². The molecule has 12 atom stereocenters. The molecule has 141 heavy (non-hydrogen) atoms. The van der Waals surface area contributed by atoms with E-state index in [1.54, 1.807) is 97.1 Å². The SMILES string of the molecule is COc1ccc(C(=O)C2(O)CCCCC2C(=O)OCCOCCC[Si](C)(O[Si](C)(C)C)O[Si](C)(C)O[Si](C)(CCCOCCOC(=O)C2CCCCC2(O)C(=O)c2ccc(OC)cc2)O[Si](C)(C)O[Si](C)(CCCOCCOC(=O)C2CCCCC2(O)C(=O)c2ccc(OC)cc2)O[Si](C)(C)O[Si](C)(CCCOCCOC(=O)C2CCCCC2(O)C(=O)c2ccc(OC)cc2)O[Si](C)(C)O[Si](C)(C)C)cc1. The number of Topliss-reactive ketones (excluding diaryl/α,β-unsaturated/α-hetero) is 4. The Morgan fingerprint density at radius 2 is 0.440 bits per heavy atom. The van der Waals surface area contributed by atoms with Gasteiger partial charge in [-0.15, -0.1) is 0 Å². The van der Waals surface area contributed by atoms with Crippen LogP contribution in [0.2, 0.25) is 142 Å². The van der Waals surface area contributed by atoms with Crippen molar-refractivity contribution in [3.05, 3.63) is 119 Å². The molecule has 43 heteroatoms. The summed E-state index contributed by atoms with van der Waals surface area (Å²) in [4.78, 5) is 111. The van der Waals surface area contributed by atoms with Gasteiger partial charge in [0.1, 0.15) is 71.8 Å². The molecule has 12 unspecified atom stereocenters. The summed E-state index contributed by atoms with van der Waals surface area (Å²) in [6.07, 6.45) is 8.03. The summed E-state index contributed by atoms with van der Waals surface area (Å²) in [5.74, 6) is -7.10. The molecule has 0 saturated heterocycles. The fourth-order valence-corrected chi connectivity index (χ4v) is 71.1. The van der Waals surface area contributed by atoms with Gasteiger partial charge in [-0.2, -0.15) is 0 Å². The highest BCUT2D eigenvalue weighted by molar-refractivity contribution is 6.94. The van der Waals surface area contributed by atoms with E-state index in [4.69, 9.17) is 93.9 Å². The van der Waals surface area contributed by atoms with E-state index in [0.717, 1.165) is 0 Å². The van der Waals surface area contributed by atoms with Crippen LogP contribution in [0.25, 0.3) is 0 Å². The number of methoxy groups -OCH3 is 4. The first-order valence-electron chi connectivity index (χ1n) is 50.0. The van der Waals surface area contributed by atoms with Crippen LogP contribution in [-0.4, -0.2) is 283 Å². The van der Waals surface area contributed by atoms with Crippen LogP contribution in [0.1, 0.15) is 170 Å². The number of esters is 4. The highest BCUT2D eigenvalue weighted by atomic mass is 28.5. The Kier molecular flexibility index (Phi) is 45.5. The van der Waals surface area contributed by atoms with Gasteiger partial charge in [0.05, 0.1) is 78.5 Å². The second-order valence-electron chi connectivity index (χ2n) is 41.9. The molecule has 0 aliphatic heterocycles. The fraction of sp³-hybridized carbons (Fsp3) is 0.673. The van der Waals surface area contributed by atoms with Gasteiger partial charge in [-0.3, -0.25) is 38.4 Å². The molecule has 0 amide bonds. The van der Waals surface area contributed by atoms with E-state index in [2.05, 4.69) is 39.3 Å². The van der Waals surface area contributed by atoms with Gasteiger partial charge in [0.15, 0.2) is 39.8 Å². The number of hydrogen-bond acceptors (Lipinski definition) is 33. The van der Waals surface area contributed by atoms with Gasteiger partial charge >= 0.3 is 92.4 Å². The van der Waals surface area contributed by atoms with Crippen molar-refractivity contribution in [2.45, 2.75) is 293 Å². The molecule has 792 valence electrons. The molecule has 4 aromatic rings. The molecule has 0 bridgehead atoms. The molecule has 4 fully saturated rings. The van der Waals surface area contributed by atoms with E-state index in [1.165, 1.54) is 28.4 Å². The highest BCUT2D eigenvalue weighted by Crippen LogP contribution is 2.45. The highest BCUT2D eigenvalue weighted by Gasteiger charge is 2.58. The topological polar surface area (TPSA) is 411 Å². The molecular weight excluding hydrogens is 1990 g/mol. The van der Waals surface area contributed by atoms with E-state index in [0.29, 0.717) is 124 Å². The van der Waals surface area contributed by atoms with E-state index in [1.807, 2.05) is 78.6 Å². The van der Waals surface area contributed by atoms with Gasteiger partial charge in [0, 0.05) is 48.7 Å². The van der Waals surface area contributed by atoms with Crippen molar-refractivity contribution in [3.63, 3.8) is 0 Å². The molecule has 4 aliphatic rings. The summed E-state index contributed by atoms with van der Waals surface area (Å²) in [6.45, 7) is 37.0. The third-order valence-electron chi connectivity index (χ3n) is 25.5. The molecule has 4 aliphatic carbocycles. The Balaban J connectivity index is 1.01. The maximum atomic E-state index is 14.0. The van der Waals surface area contributed by atoms with Gasteiger partial charge in [-0.25, -0.2) is 0 Å². The van der Waals surface area contributed by atoms with Crippen LogP contribution in [0, 0.1) is 23.7 Å². The molecule has 8 rings (SSSR count). The summed E-state index contributed by atoms with van der Waals surface area (Å²) >= 11 is 0. The lowest BCUT2D eigenvalue weighted by atomic mass is 9.71. The molecule has 4 saturated carbocycles. The van der Waals surface area contributed by atoms with Gasteiger partial charge in [0.2, 0.25) is 0 Å². The van der Waals surface area contributed by atoms with E-state index < -0.39 is 178 Å². The van der Waals surface area contributed by atoms with Crippen molar-refractivity contribution in [2.24, 2.45) is 23.7 Å². The average molecular weight is 2150 g/mol. The predicted molar refractivity (Wildman–Crippen MR) is 555 cm³/mol. The Hall–Kier alpha value is -5.87. The largest absolute Gasteiger partial charge is 0.497 e. The maximum Gasteiger partial charge on any atom is 0.317 e. The lowest BCUT2D eigenvalue weighted by Gasteiger charge is -2.47. The Bertz CT molecular complexity index is 4660. The van der Waals surface area contributed by atoms with Gasteiger partial charge in [-0.1, -0.05) is 51.4 Å². The zero-order valence-electron chi connectivity index (χ0n) is 87.6. The lowest BCUT2D eigenvalue weighted by Crippen LogP contribution is -2.64. The summed E-state index contributed by atoms with van der Waals surface area (Å²) in [7, 11) is -25.8. The van der Waals surface area contributed by atoms with Crippen molar-refractivity contribution in [1.29, 1.82) is 0 Å². The third kappa shape index (κ3) is 36.8. The van der Waals surface area contributed by atoms with Crippen LogP contribution < -0.4 is 18.9 Å². The number of ketones is 4. The standard InChI is InChI=1S/C98H162O33Si10/c1-111-79-47-39-75(40-48-79)87(99)95(107)55-27-23-35-83(95)91(103)119-67-63-115-59-31-71-138(19,124-133(8,9)10)126-135(13,14)127-140(21,73-33-61-117-65-69-121-93(105)85-37-25-29-57-97(85,109)89(101)77-43-51-81(113-3)52-44-77)130-137(17,18)131-141(22,74-34-62-118-66-70-122-94(106)86-38-26-30-58-98(86,110)90(102)78-45-53-82(114-4)54-46-78)129-136(15,16)128-139(20,125-134(11,12)123-132(5,6)7)72-32-60-116-64-68-120-92(104)84-36-24-28-56-96(84,108)88(100)76-41-49-80(112-2)50-42-76/h39-54,83-86,107-110H,23-38,55-74H2,1-22H3. The molecule has 0 radical (unpaired) electrons. The molecule has 0 spiro atoms. The van der Waals surface area contributed by atoms with Crippen molar-refractivity contribution < 1.29 is 153 Å². The second kappa shape index (κ2) is 53.3. The third-order valence-corrected chi connectivity index (χ3v) is 65.0. The average Bonchev–Trinajstić information content (AvgIpc) is 0.794. The van der Waals surface area contributed by atoms with Crippen LogP contribution in [0.15, 0.2) is 97.1 Å². The molecule has 0 heterocycles. The van der Waals surface area contributed by atoms with Gasteiger partial charge < -0.3 is 114 Å². The van der Waals surface area contributed by atoms with Gasteiger partial charge in [-0.05, 0) is 316 Å². The van der Waals surface area contributed by atoms with E-state index in [9.17, 15) is 58.8 Å². The lowest BCUT2D eigenvalue weighted by molar-refractivity contribution is -0.161. The summed E-state index contributed by atoms with van der Waals surface area (Å²) in [5.41, 5.74) is -6.80. The fourth-order valence-electron chi connectivity index (χ4n) is 20.1. The summed E-state index contributed by atoms with van der Waals surface area (Å²) in [6, 6.07) is 27.3. The van der Waals surface area contributed by atoms with Crippen molar-refractivity contribution in [1.82, 2.24) is 0 Å². The quantitative estimate of drug-likeness (QED) is 0.0105. The molecule has 4 N–H and O–H groups in total. The second-order valence-corrected chi connectivity index (χ2v) is 80.0. The molecule has 4 aromatic carbocycles. The van der Waals surface area contributed by atoms with Crippen molar-refractivity contribution >= 4 is 132 Å². The van der Waals surface area contributed by atoms with Crippen LogP contribution in [0.3, 0.4) is 0 Å². The van der Waals surface area contributed by atoms with Crippen LogP contribution >= 0.6 is 0 Å². The normalized spacial score (nSPS) is 22.9. The number of ether oxygens (including phenoxy) is 12. The number of hydrogen-bond donors (Lipinski definition) is 4. The predicted octanol–water partition coefficient (Wildman–Crippen LogP) is 17.0. The summed E-state index contributed by atoms with van der Waals surface area (Å²) in [5, 5.41) is 47.9. The van der Waals surface area contributed by atoms with E-state index in [-0.39, 0.29) is 153 Å². The number of carbonyl (C=O) groups excluding carboxylic acids is 8. The maximum absolute atomic E-state index is 14.0. The zero-order chi connectivity index (χ0) is 104. The number of benzene rings is 4.